The number of nitrogens with zero attached hydrogens (tertiary/aromatic N) is 2. The van der Waals surface area contributed by atoms with Crippen LogP contribution in [0.5, 0.6) is 11.5 Å². The van der Waals surface area contributed by atoms with E-state index in [1.54, 1.807) is 62.4 Å². The van der Waals surface area contributed by atoms with Gasteiger partial charge < -0.3 is 15.2 Å². The van der Waals surface area contributed by atoms with Crippen molar-refractivity contribution in [1.82, 2.24) is 0 Å². The normalized spacial score (nSPS) is 11.7. The average molecular weight is 683 g/mol. The van der Waals surface area contributed by atoms with E-state index >= 15 is 0 Å². The van der Waals surface area contributed by atoms with E-state index in [4.69, 9.17) is 4.74 Å². The van der Waals surface area contributed by atoms with Gasteiger partial charge in [0.2, 0.25) is 0 Å². The first-order valence-electron chi connectivity index (χ1n) is 13.6. The van der Waals surface area contributed by atoms with Gasteiger partial charge in [0.15, 0.2) is 0 Å². The Hall–Kier alpha value is -4.31. The van der Waals surface area contributed by atoms with Crippen molar-refractivity contribution in [3.05, 3.63) is 108 Å². The van der Waals surface area contributed by atoms with Gasteiger partial charge in [-0.05, 0) is 72.8 Å². The number of ether oxygens (including phenoxy) is 1. The number of aryl methyl sites for hydroxylation is 2. The summed E-state index contributed by atoms with van der Waals surface area (Å²) >= 11 is 0. The summed E-state index contributed by atoms with van der Waals surface area (Å²) in [5.74, 6) is -0.963. The Morgan fingerprint density at radius 3 is 2.23 bits per heavy atom. The van der Waals surface area contributed by atoms with Crippen molar-refractivity contribution >= 4 is 59.6 Å². The number of amides is 1. The van der Waals surface area contributed by atoms with Gasteiger partial charge in [0.25, 0.3) is 26.0 Å². The van der Waals surface area contributed by atoms with Gasteiger partial charge in [0.05, 0.1) is 39.7 Å². The molecule has 0 bridgehead atoms. The molecule has 0 radical (unpaired) electrons. The maximum atomic E-state index is 13.6. The molecule has 0 saturated heterocycles. The van der Waals surface area contributed by atoms with Crippen LogP contribution in [0.2, 0.25) is 0 Å². The fourth-order valence-corrected chi connectivity index (χ4v) is 6.53. The number of sulfonamides is 1. The second kappa shape index (κ2) is 14.2. The quantitative estimate of drug-likeness (QED) is 0.120. The number of methoxy groups -OCH3 is 1. The Bertz CT molecular complexity index is 2260. The summed E-state index contributed by atoms with van der Waals surface area (Å²) in [7, 11) is -7.40. The second-order valence-electron chi connectivity index (χ2n) is 10.2. The number of para-hydroxylation sites is 2. The van der Waals surface area contributed by atoms with E-state index in [1.165, 1.54) is 37.4 Å². The summed E-state index contributed by atoms with van der Waals surface area (Å²) in [6.07, 6.45) is 0. The van der Waals surface area contributed by atoms with E-state index in [9.17, 15) is 31.3 Å². The van der Waals surface area contributed by atoms with Crippen molar-refractivity contribution in [3.63, 3.8) is 0 Å². The molecule has 0 saturated carbocycles. The number of benzene rings is 5. The molecule has 0 heterocycles. The van der Waals surface area contributed by atoms with Gasteiger partial charge in [0, 0.05) is 10.9 Å². The molecule has 236 valence electrons. The molecule has 0 spiro atoms. The van der Waals surface area contributed by atoms with Gasteiger partial charge in [-0.25, -0.2) is 8.42 Å². The van der Waals surface area contributed by atoms with Gasteiger partial charge in [-0.2, -0.15) is 18.6 Å². The third kappa shape index (κ3) is 7.81. The Morgan fingerprint density at radius 1 is 0.830 bits per heavy atom. The standard InChI is InChI=1S/C32H28N4O8S2.Na/c1-19-13-15-23(46(41,42)43)18-27(19)36-45(39,40)29-17-22(14-12-20(29)2)34-35-30-24-9-5-4-8-21(24)16-25(31(30)37)32(38)33-26-10-6-7-11-28(26)44-3;/h4-18,36-37H,1-3H3,(H,33,38)(H,41,42,43);/q;+1/p-1. The van der Waals surface area contributed by atoms with Crippen LogP contribution in [0.4, 0.5) is 22.7 Å². The number of rotatable bonds is 9. The average Bonchev–Trinajstić information content (AvgIpc) is 3.01. The molecule has 0 aliphatic carbocycles. The van der Waals surface area contributed by atoms with Crippen molar-refractivity contribution in [2.75, 3.05) is 17.1 Å². The Labute approximate surface area is 293 Å². The molecule has 15 heteroatoms. The van der Waals surface area contributed by atoms with E-state index in [2.05, 4.69) is 20.3 Å². The van der Waals surface area contributed by atoms with Crippen LogP contribution in [0.1, 0.15) is 21.5 Å². The van der Waals surface area contributed by atoms with Crippen molar-refractivity contribution in [1.29, 1.82) is 0 Å². The molecule has 0 unspecified atom stereocenters. The minimum Gasteiger partial charge on any atom is -0.870 e. The predicted octanol–water partition coefficient (Wildman–Crippen LogP) is 3.26. The number of anilines is 2. The number of carbonyl (C=O) groups is 1. The predicted molar refractivity (Wildman–Crippen MR) is 171 cm³/mol. The molecule has 0 aromatic heterocycles. The molecule has 3 N–H and O–H groups in total. The molecule has 0 atom stereocenters. The summed E-state index contributed by atoms with van der Waals surface area (Å²) in [5, 5.41) is 25.6. The summed E-state index contributed by atoms with van der Waals surface area (Å²) in [4.78, 5) is 12.6. The Morgan fingerprint density at radius 2 is 1.51 bits per heavy atom. The molecule has 1 amide bonds. The minimum absolute atomic E-state index is 0. The topological polar surface area (TPSA) is 187 Å². The fourth-order valence-electron chi connectivity index (χ4n) is 4.63. The van der Waals surface area contributed by atoms with Gasteiger partial charge in [-0.1, -0.05) is 54.3 Å². The third-order valence-electron chi connectivity index (χ3n) is 7.05. The maximum Gasteiger partial charge on any atom is 1.00 e. The first-order chi connectivity index (χ1) is 21.8. The number of hydrogen-bond donors (Lipinski definition) is 3. The van der Waals surface area contributed by atoms with E-state index in [0.29, 0.717) is 33.3 Å². The molecule has 0 fully saturated rings. The van der Waals surface area contributed by atoms with E-state index in [0.717, 1.165) is 12.1 Å². The van der Waals surface area contributed by atoms with Crippen LogP contribution in [-0.4, -0.2) is 34.4 Å². The largest absolute Gasteiger partial charge is 1.00 e. The maximum absolute atomic E-state index is 13.6. The van der Waals surface area contributed by atoms with Gasteiger partial charge >= 0.3 is 29.6 Å². The monoisotopic (exact) mass is 682 g/mol. The van der Waals surface area contributed by atoms with Crippen molar-refractivity contribution in [3.8, 4) is 11.5 Å². The van der Waals surface area contributed by atoms with E-state index in [1.807, 2.05) is 0 Å². The summed E-state index contributed by atoms with van der Waals surface area (Å²) in [6.45, 7) is 3.13. The zero-order chi connectivity index (χ0) is 33.2. The van der Waals surface area contributed by atoms with Gasteiger partial charge in [-0.3, -0.25) is 14.1 Å². The van der Waals surface area contributed by atoms with Crippen LogP contribution in [0.3, 0.4) is 0 Å². The molecule has 12 nitrogen and oxygen atoms in total. The van der Waals surface area contributed by atoms with Crippen molar-refractivity contribution in [2.24, 2.45) is 10.2 Å². The van der Waals surface area contributed by atoms with E-state index < -0.39 is 36.7 Å². The van der Waals surface area contributed by atoms with Crippen LogP contribution in [0.25, 0.3) is 10.8 Å². The molecular weight excluding hydrogens is 655 g/mol. The smallest absolute Gasteiger partial charge is 0.870 e. The Kier molecular flexibility index (Phi) is 10.7. The summed E-state index contributed by atoms with van der Waals surface area (Å²) in [5.41, 5.74) is 0.858. The first-order valence-corrected chi connectivity index (χ1v) is 16.5. The molecule has 5 rings (SSSR count). The van der Waals surface area contributed by atoms with Crippen LogP contribution in [-0.2, 0) is 20.1 Å². The van der Waals surface area contributed by atoms with Crippen LogP contribution >= 0.6 is 0 Å². The van der Waals surface area contributed by atoms with E-state index in [-0.39, 0.29) is 57.1 Å². The number of fused-ring (bicyclic) bond motifs is 1. The van der Waals surface area contributed by atoms with Gasteiger partial charge in [0.1, 0.15) is 5.75 Å². The molecule has 0 aliphatic rings. The summed E-state index contributed by atoms with van der Waals surface area (Å²) < 4.78 is 67.1. The van der Waals surface area contributed by atoms with Crippen LogP contribution in [0, 0.1) is 13.8 Å². The second-order valence-corrected chi connectivity index (χ2v) is 13.3. The fraction of sp³-hybridized carbons (Fsp3) is 0.0938. The van der Waals surface area contributed by atoms with Crippen molar-refractivity contribution < 1.29 is 65.6 Å². The van der Waals surface area contributed by atoms with Crippen molar-refractivity contribution in [2.45, 2.75) is 23.6 Å². The van der Waals surface area contributed by atoms with Crippen LogP contribution in [0.15, 0.2) is 111 Å². The first kappa shape index (κ1) is 35.5. The zero-order valence-corrected chi connectivity index (χ0v) is 29.3. The number of azo groups is 1. The molecule has 47 heavy (non-hydrogen) atoms. The summed E-state index contributed by atoms with van der Waals surface area (Å²) in [6, 6.07) is 22.8. The number of carbonyl (C=O) groups excluding carboxylic acids is 1. The molecule has 5 aromatic rings. The zero-order valence-electron chi connectivity index (χ0n) is 25.7. The minimum atomic E-state index is -4.58. The van der Waals surface area contributed by atoms with Gasteiger partial charge in [-0.15, -0.1) is 0 Å². The third-order valence-corrected chi connectivity index (χ3v) is 9.41. The number of hydrogen-bond acceptors (Lipinski definition) is 9. The molecular formula is C32H27N4NaO8S2. The van der Waals surface area contributed by atoms with Crippen LogP contribution < -0.4 is 49.4 Å². The Balaban J connectivity index is 0.00000500. The molecule has 0 aliphatic heterocycles. The SMILES string of the molecule is COc1ccccc1NC(=O)c1cc2ccccc2c(N=Nc2ccc(C)c(S(=O)(=O)Nc3cc(S(=O)(=O)O)ccc3C)c2)c1[O-].[Na+]. The molecule has 5 aromatic carbocycles. The number of nitrogens with one attached hydrogen (secondary N) is 2.